The number of aromatic nitrogens is 3. The first kappa shape index (κ1) is 20.3. The molecule has 1 amide bonds. The van der Waals surface area contributed by atoms with Gasteiger partial charge in [0.1, 0.15) is 11.6 Å². The third kappa shape index (κ3) is 5.02. The standard InChI is InChI=1S/C23H27N5O2S/c29-21(27-12-10-26(11-13-27)15-18-5-2-1-3-6-18)17-31-23-25-24-22(19-8-9-19)28(23)16-20-7-4-14-30-20/h1-7,14,19H,8-13,15-17H2. The van der Waals surface area contributed by atoms with Crippen LogP contribution in [0.25, 0.3) is 0 Å². The van der Waals surface area contributed by atoms with Gasteiger partial charge in [-0.2, -0.15) is 0 Å². The molecule has 1 aliphatic carbocycles. The molecule has 1 saturated carbocycles. The number of piperazine rings is 1. The van der Waals surface area contributed by atoms with E-state index in [-0.39, 0.29) is 5.91 Å². The Bertz CT molecular complexity index is 992. The van der Waals surface area contributed by atoms with Crippen molar-refractivity contribution < 1.29 is 9.21 Å². The van der Waals surface area contributed by atoms with Gasteiger partial charge in [0.15, 0.2) is 5.16 Å². The number of hydrogen-bond acceptors (Lipinski definition) is 6. The van der Waals surface area contributed by atoms with Gasteiger partial charge >= 0.3 is 0 Å². The summed E-state index contributed by atoms with van der Waals surface area (Å²) in [5.74, 6) is 2.94. The summed E-state index contributed by atoms with van der Waals surface area (Å²) in [4.78, 5) is 17.2. The van der Waals surface area contributed by atoms with Gasteiger partial charge in [-0.3, -0.25) is 14.3 Å². The minimum atomic E-state index is 0.171. The molecule has 3 heterocycles. The second-order valence-corrected chi connectivity index (χ2v) is 9.15. The van der Waals surface area contributed by atoms with Crippen LogP contribution in [0.4, 0.5) is 0 Å². The molecule has 0 atom stereocenters. The average molecular weight is 438 g/mol. The minimum absolute atomic E-state index is 0.171. The molecule has 2 fully saturated rings. The predicted molar refractivity (Wildman–Crippen MR) is 119 cm³/mol. The molecule has 0 unspecified atom stereocenters. The Kier molecular flexibility index (Phi) is 6.08. The molecule has 2 aliphatic rings. The van der Waals surface area contributed by atoms with Gasteiger partial charge in [-0.25, -0.2) is 0 Å². The highest BCUT2D eigenvalue weighted by molar-refractivity contribution is 7.99. The van der Waals surface area contributed by atoms with Crippen molar-refractivity contribution in [1.82, 2.24) is 24.6 Å². The molecule has 0 N–H and O–H groups in total. The fraction of sp³-hybridized carbons (Fsp3) is 0.435. The molecule has 8 heteroatoms. The Hall–Kier alpha value is -2.58. The van der Waals surface area contributed by atoms with Crippen LogP contribution in [0, 0.1) is 0 Å². The van der Waals surface area contributed by atoms with Crippen molar-refractivity contribution >= 4 is 17.7 Å². The average Bonchev–Trinajstić information content (AvgIpc) is 3.36. The highest BCUT2D eigenvalue weighted by Crippen LogP contribution is 2.40. The second kappa shape index (κ2) is 9.28. The third-order valence-electron chi connectivity index (χ3n) is 5.88. The number of carbonyl (C=O) groups is 1. The van der Waals surface area contributed by atoms with Crippen molar-refractivity contribution in [3.05, 3.63) is 65.9 Å². The van der Waals surface area contributed by atoms with Crippen molar-refractivity contribution in [2.45, 2.75) is 37.0 Å². The zero-order valence-corrected chi connectivity index (χ0v) is 18.3. The summed E-state index contributed by atoms with van der Waals surface area (Å²) < 4.78 is 7.64. The number of amides is 1. The van der Waals surface area contributed by atoms with E-state index in [0.717, 1.165) is 62.3 Å². The lowest BCUT2D eigenvalue weighted by Crippen LogP contribution is -2.48. The lowest BCUT2D eigenvalue weighted by atomic mass is 10.2. The molecule has 162 valence electrons. The molecule has 1 aliphatic heterocycles. The molecular formula is C23H27N5O2S. The third-order valence-corrected chi connectivity index (χ3v) is 6.83. The fourth-order valence-electron chi connectivity index (χ4n) is 3.97. The van der Waals surface area contributed by atoms with Gasteiger partial charge in [0, 0.05) is 38.6 Å². The Morgan fingerprint density at radius 2 is 1.81 bits per heavy atom. The first-order chi connectivity index (χ1) is 15.3. The van der Waals surface area contributed by atoms with E-state index >= 15 is 0 Å². The second-order valence-electron chi connectivity index (χ2n) is 8.21. The highest BCUT2D eigenvalue weighted by atomic mass is 32.2. The summed E-state index contributed by atoms with van der Waals surface area (Å²) in [6, 6.07) is 14.4. The maximum Gasteiger partial charge on any atom is 0.233 e. The molecule has 31 heavy (non-hydrogen) atoms. The van der Waals surface area contributed by atoms with Crippen LogP contribution in [0.2, 0.25) is 0 Å². The van der Waals surface area contributed by atoms with Crippen molar-refractivity contribution in [2.75, 3.05) is 31.9 Å². The molecule has 0 spiro atoms. The van der Waals surface area contributed by atoms with Crippen LogP contribution in [0.3, 0.4) is 0 Å². The van der Waals surface area contributed by atoms with Crippen LogP contribution < -0.4 is 0 Å². The van der Waals surface area contributed by atoms with Crippen molar-refractivity contribution in [2.24, 2.45) is 0 Å². The smallest absolute Gasteiger partial charge is 0.233 e. The van der Waals surface area contributed by atoms with Gasteiger partial charge in [-0.1, -0.05) is 42.1 Å². The zero-order chi connectivity index (χ0) is 21.0. The van der Waals surface area contributed by atoms with E-state index in [0.29, 0.717) is 18.2 Å². The van der Waals surface area contributed by atoms with E-state index in [2.05, 4.69) is 43.9 Å². The van der Waals surface area contributed by atoms with E-state index in [9.17, 15) is 4.79 Å². The summed E-state index contributed by atoms with van der Waals surface area (Å²) in [6.45, 7) is 4.92. The monoisotopic (exact) mass is 437 g/mol. The molecule has 5 rings (SSSR count). The van der Waals surface area contributed by atoms with E-state index in [1.165, 1.54) is 17.3 Å². The number of furan rings is 1. The zero-order valence-electron chi connectivity index (χ0n) is 17.5. The van der Waals surface area contributed by atoms with Crippen LogP contribution in [0.1, 0.15) is 35.9 Å². The van der Waals surface area contributed by atoms with Gasteiger partial charge in [0.05, 0.1) is 18.6 Å². The van der Waals surface area contributed by atoms with Gasteiger partial charge in [0.2, 0.25) is 5.91 Å². The van der Waals surface area contributed by atoms with Gasteiger partial charge in [0.25, 0.3) is 0 Å². The molecule has 1 aromatic carbocycles. The largest absolute Gasteiger partial charge is 0.467 e. The van der Waals surface area contributed by atoms with E-state index in [1.807, 2.05) is 23.1 Å². The maximum atomic E-state index is 12.8. The Morgan fingerprint density at radius 1 is 1.00 bits per heavy atom. The summed E-state index contributed by atoms with van der Waals surface area (Å²) in [5.41, 5.74) is 1.32. The van der Waals surface area contributed by atoms with Crippen molar-refractivity contribution in [1.29, 1.82) is 0 Å². The maximum absolute atomic E-state index is 12.8. The van der Waals surface area contributed by atoms with Crippen molar-refractivity contribution in [3.8, 4) is 0 Å². The Balaban J connectivity index is 1.15. The molecule has 1 saturated heterocycles. The van der Waals surface area contributed by atoms with E-state index in [1.54, 1.807) is 6.26 Å². The highest BCUT2D eigenvalue weighted by Gasteiger charge is 2.31. The van der Waals surface area contributed by atoms with Gasteiger partial charge in [-0.15, -0.1) is 10.2 Å². The van der Waals surface area contributed by atoms with Crippen LogP contribution in [0.5, 0.6) is 0 Å². The summed E-state index contributed by atoms with van der Waals surface area (Å²) in [7, 11) is 0. The first-order valence-electron chi connectivity index (χ1n) is 10.9. The molecular weight excluding hydrogens is 410 g/mol. The number of nitrogens with zero attached hydrogens (tertiary/aromatic N) is 5. The number of hydrogen-bond donors (Lipinski definition) is 0. The number of benzene rings is 1. The number of rotatable bonds is 8. The number of thioether (sulfide) groups is 1. The molecule has 0 bridgehead atoms. The Morgan fingerprint density at radius 3 is 2.52 bits per heavy atom. The van der Waals surface area contributed by atoms with Crippen LogP contribution >= 0.6 is 11.8 Å². The minimum Gasteiger partial charge on any atom is -0.467 e. The van der Waals surface area contributed by atoms with E-state index < -0.39 is 0 Å². The molecule has 7 nitrogen and oxygen atoms in total. The molecule has 3 aromatic rings. The first-order valence-corrected chi connectivity index (χ1v) is 11.9. The van der Waals surface area contributed by atoms with Crippen LogP contribution in [0.15, 0.2) is 58.3 Å². The number of carbonyl (C=O) groups excluding carboxylic acids is 1. The van der Waals surface area contributed by atoms with Crippen LogP contribution in [-0.2, 0) is 17.9 Å². The van der Waals surface area contributed by atoms with Gasteiger partial charge in [-0.05, 0) is 30.5 Å². The summed E-state index contributed by atoms with van der Waals surface area (Å²) in [5, 5.41) is 9.61. The lowest BCUT2D eigenvalue weighted by molar-refractivity contribution is -0.130. The SMILES string of the molecule is O=C(CSc1nnc(C2CC2)n1Cc1ccco1)N1CCN(Cc2ccccc2)CC1. The summed E-state index contributed by atoms with van der Waals surface area (Å²) >= 11 is 1.48. The van der Waals surface area contributed by atoms with Gasteiger partial charge < -0.3 is 9.32 Å². The quantitative estimate of drug-likeness (QED) is 0.504. The topological polar surface area (TPSA) is 67.4 Å². The lowest BCUT2D eigenvalue weighted by Gasteiger charge is -2.34. The normalized spacial score (nSPS) is 17.2. The van der Waals surface area contributed by atoms with E-state index in [4.69, 9.17) is 4.42 Å². The predicted octanol–water partition coefficient (Wildman–Crippen LogP) is 3.23. The fourth-order valence-corrected chi connectivity index (χ4v) is 4.82. The molecule has 2 aromatic heterocycles. The van der Waals surface area contributed by atoms with Crippen molar-refractivity contribution in [3.63, 3.8) is 0 Å². The van der Waals surface area contributed by atoms with Crippen LogP contribution in [-0.4, -0.2) is 62.4 Å². The summed E-state index contributed by atoms with van der Waals surface area (Å²) in [6.07, 6.45) is 4.00. The Labute approximate surface area is 186 Å². The molecule has 0 radical (unpaired) electrons.